The number of carbonyl (C=O) groups is 1. The van der Waals surface area contributed by atoms with Gasteiger partial charge in [-0.2, -0.15) is 0 Å². The van der Waals surface area contributed by atoms with Gasteiger partial charge in [0.25, 0.3) is 0 Å². The Kier molecular flexibility index (Phi) is 50.3. The topological polar surface area (TPSA) is 307 Å². The third kappa shape index (κ3) is 36.0. The van der Waals surface area contributed by atoms with Crippen molar-refractivity contribution < 1.29 is 89.4 Å². The van der Waals surface area contributed by atoms with Crippen LogP contribution >= 0.6 is 0 Å². The number of nitrogens with one attached hydrogen (secondary N) is 1. The van der Waals surface area contributed by atoms with Crippen LogP contribution in [0.15, 0.2) is 36.5 Å². The van der Waals surface area contributed by atoms with E-state index < -0.39 is 124 Å². The molecular formula is C73H135NO18. The average Bonchev–Trinajstić information content (AvgIpc) is 0.839. The Morgan fingerprint density at radius 1 is 0.380 bits per heavy atom. The van der Waals surface area contributed by atoms with E-state index in [0.29, 0.717) is 12.8 Å². The molecule has 3 aliphatic rings. The van der Waals surface area contributed by atoms with Crippen molar-refractivity contribution >= 4 is 5.91 Å². The molecule has 0 aromatic rings. The minimum absolute atomic E-state index is 0.236. The summed E-state index contributed by atoms with van der Waals surface area (Å²) < 4.78 is 34.3. The highest BCUT2D eigenvalue weighted by atomic mass is 16.8. The van der Waals surface area contributed by atoms with Crippen molar-refractivity contribution in [2.75, 3.05) is 26.4 Å². The molecule has 17 unspecified atom stereocenters. The second-order valence-electron chi connectivity index (χ2n) is 26.7. The molecule has 0 saturated carbocycles. The summed E-state index contributed by atoms with van der Waals surface area (Å²) >= 11 is 0. The number of hydrogen-bond donors (Lipinski definition) is 12. The molecule has 19 nitrogen and oxygen atoms in total. The van der Waals surface area contributed by atoms with E-state index in [1.807, 2.05) is 6.08 Å². The van der Waals surface area contributed by atoms with Crippen molar-refractivity contribution in [3.05, 3.63) is 36.5 Å². The van der Waals surface area contributed by atoms with Gasteiger partial charge in [0.2, 0.25) is 5.91 Å². The summed E-state index contributed by atoms with van der Waals surface area (Å²) in [5, 5.41) is 120. The minimum atomic E-state index is -1.98. The van der Waals surface area contributed by atoms with Gasteiger partial charge in [0, 0.05) is 6.42 Å². The quantitative estimate of drug-likeness (QED) is 0.0199. The lowest BCUT2D eigenvalue weighted by atomic mass is 9.96. The highest BCUT2D eigenvalue weighted by molar-refractivity contribution is 5.76. The van der Waals surface area contributed by atoms with Crippen LogP contribution in [0.5, 0.6) is 0 Å². The van der Waals surface area contributed by atoms with Gasteiger partial charge in [0.15, 0.2) is 18.9 Å². The lowest BCUT2D eigenvalue weighted by Gasteiger charge is -2.48. The van der Waals surface area contributed by atoms with E-state index in [0.717, 1.165) is 44.9 Å². The maximum atomic E-state index is 13.4. The van der Waals surface area contributed by atoms with Crippen molar-refractivity contribution in [2.45, 2.75) is 394 Å². The van der Waals surface area contributed by atoms with Gasteiger partial charge in [-0.3, -0.25) is 4.79 Å². The molecule has 12 N–H and O–H groups in total. The second-order valence-corrected chi connectivity index (χ2v) is 26.7. The van der Waals surface area contributed by atoms with E-state index in [-0.39, 0.29) is 18.9 Å². The number of hydrogen-bond acceptors (Lipinski definition) is 18. The van der Waals surface area contributed by atoms with Crippen LogP contribution in [0, 0.1) is 0 Å². The van der Waals surface area contributed by atoms with Gasteiger partial charge in [0.05, 0.1) is 38.6 Å². The van der Waals surface area contributed by atoms with Gasteiger partial charge in [0.1, 0.15) is 73.2 Å². The molecule has 92 heavy (non-hydrogen) atoms. The molecule has 0 aromatic carbocycles. The first-order chi connectivity index (χ1) is 44.8. The van der Waals surface area contributed by atoms with Crippen LogP contribution in [0.1, 0.15) is 290 Å². The van der Waals surface area contributed by atoms with Gasteiger partial charge < -0.3 is 89.9 Å². The summed E-state index contributed by atoms with van der Waals surface area (Å²) in [6.45, 7) is 1.69. The molecule has 3 fully saturated rings. The van der Waals surface area contributed by atoms with Gasteiger partial charge in [-0.05, 0) is 44.9 Å². The standard InChI is InChI=1S/C73H135NO18/c1-3-5-7-9-11-13-15-17-18-19-20-21-22-23-24-25-26-27-28-29-30-31-32-33-34-35-36-37-39-41-43-45-47-49-51-61(79)74-56(57(78)50-48-46-44-42-40-38-16-14-12-10-8-6-4-2)55-87-71-67(85)64(82)69(59(53-76)89-71)92-73-68(86)65(83)70(60(54-77)90-73)91-72-66(84)63(81)62(80)58(52-75)88-72/h12,14,40,42,48,50,56-60,62-73,75-78,80-86H,3-11,13,15-39,41,43-47,49,51-55H2,1-2H3,(H,74,79)/b14-12+,42-40+,50-48+. The summed E-state index contributed by atoms with van der Waals surface area (Å²) in [4.78, 5) is 13.4. The van der Waals surface area contributed by atoms with Gasteiger partial charge in [-0.15, -0.1) is 0 Å². The molecule has 3 heterocycles. The number of carbonyl (C=O) groups excluding carboxylic acids is 1. The first kappa shape index (κ1) is 84.2. The highest BCUT2D eigenvalue weighted by Gasteiger charge is 2.53. The molecule has 3 saturated heterocycles. The summed E-state index contributed by atoms with van der Waals surface area (Å²) in [5.74, 6) is -0.286. The number of amides is 1. The number of aliphatic hydroxyl groups is 11. The zero-order chi connectivity index (χ0) is 66.8. The lowest BCUT2D eigenvalue weighted by molar-refractivity contribution is -0.379. The molecule has 3 aliphatic heterocycles. The van der Waals surface area contributed by atoms with E-state index in [4.69, 9.17) is 28.4 Å². The summed E-state index contributed by atoms with van der Waals surface area (Å²) in [5.41, 5.74) is 0. The molecule has 1 amide bonds. The smallest absolute Gasteiger partial charge is 0.220 e. The fraction of sp³-hybridized carbons (Fsp3) is 0.904. The zero-order valence-corrected chi connectivity index (χ0v) is 57.3. The van der Waals surface area contributed by atoms with Crippen molar-refractivity contribution in [1.29, 1.82) is 0 Å². The fourth-order valence-electron chi connectivity index (χ4n) is 12.6. The minimum Gasteiger partial charge on any atom is -0.394 e. The summed E-state index contributed by atoms with van der Waals surface area (Å²) in [6, 6.07) is -0.994. The molecule has 0 bridgehead atoms. The third-order valence-corrected chi connectivity index (χ3v) is 18.7. The van der Waals surface area contributed by atoms with Crippen LogP contribution in [-0.2, 0) is 33.2 Å². The largest absolute Gasteiger partial charge is 0.394 e. The van der Waals surface area contributed by atoms with E-state index >= 15 is 0 Å². The average molecular weight is 1310 g/mol. The second kappa shape index (κ2) is 55.0. The van der Waals surface area contributed by atoms with Crippen LogP contribution in [0.2, 0.25) is 0 Å². The Morgan fingerprint density at radius 3 is 1.09 bits per heavy atom. The first-order valence-electron chi connectivity index (χ1n) is 37.2. The first-order valence-corrected chi connectivity index (χ1v) is 37.2. The number of aliphatic hydroxyl groups excluding tert-OH is 11. The van der Waals surface area contributed by atoms with Crippen LogP contribution in [0.3, 0.4) is 0 Å². The van der Waals surface area contributed by atoms with Crippen molar-refractivity contribution in [2.24, 2.45) is 0 Å². The molecule has 0 aromatic heterocycles. The van der Waals surface area contributed by atoms with E-state index in [2.05, 4.69) is 43.5 Å². The predicted octanol–water partition coefficient (Wildman–Crippen LogP) is 10.8. The Hall–Kier alpha value is -1.99. The fourth-order valence-corrected chi connectivity index (χ4v) is 12.6. The number of ether oxygens (including phenoxy) is 6. The maximum absolute atomic E-state index is 13.4. The third-order valence-electron chi connectivity index (χ3n) is 18.7. The van der Waals surface area contributed by atoms with Gasteiger partial charge in [-0.1, -0.05) is 275 Å². The molecule has 17 atom stereocenters. The lowest BCUT2D eigenvalue weighted by Crippen LogP contribution is -2.66. The molecule has 0 radical (unpaired) electrons. The Balaban J connectivity index is 1.33. The molecule has 0 aliphatic carbocycles. The number of unbranched alkanes of at least 4 members (excludes halogenated alkanes) is 38. The van der Waals surface area contributed by atoms with Crippen molar-refractivity contribution in [1.82, 2.24) is 5.32 Å². The molecule has 19 heteroatoms. The monoisotopic (exact) mass is 1310 g/mol. The maximum Gasteiger partial charge on any atom is 0.220 e. The van der Waals surface area contributed by atoms with Crippen molar-refractivity contribution in [3.8, 4) is 0 Å². The Labute approximate surface area is 555 Å². The van der Waals surface area contributed by atoms with Crippen LogP contribution in [0.4, 0.5) is 0 Å². The number of rotatable bonds is 58. The van der Waals surface area contributed by atoms with E-state index in [9.17, 15) is 61.0 Å². The highest BCUT2D eigenvalue weighted by Crippen LogP contribution is 2.33. The van der Waals surface area contributed by atoms with Crippen LogP contribution in [-0.4, -0.2) is 193 Å². The number of allylic oxidation sites excluding steroid dienone is 5. The predicted molar refractivity (Wildman–Crippen MR) is 360 cm³/mol. The normalized spacial score (nSPS) is 27.9. The Bertz CT molecular complexity index is 1810. The molecule has 540 valence electrons. The summed E-state index contributed by atoms with van der Waals surface area (Å²) in [7, 11) is 0. The molecule has 0 spiro atoms. The summed E-state index contributed by atoms with van der Waals surface area (Å²) in [6.07, 6.45) is 38.9. The zero-order valence-electron chi connectivity index (χ0n) is 57.3. The van der Waals surface area contributed by atoms with Crippen LogP contribution < -0.4 is 5.32 Å². The Morgan fingerprint density at radius 2 is 0.696 bits per heavy atom. The van der Waals surface area contributed by atoms with E-state index in [1.54, 1.807) is 6.08 Å². The molecule has 3 rings (SSSR count). The van der Waals surface area contributed by atoms with E-state index in [1.165, 1.54) is 212 Å². The van der Waals surface area contributed by atoms with Gasteiger partial charge in [-0.25, -0.2) is 0 Å². The molecular weight excluding hydrogens is 1180 g/mol. The van der Waals surface area contributed by atoms with Crippen molar-refractivity contribution in [3.63, 3.8) is 0 Å². The van der Waals surface area contributed by atoms with Gasteiger partial charge >= 0.3 is 0 Å². The SMILES string of the molecule is CCCCC/C=C/CC/C=C/CC/C=C/C(O)C(COC1OC(CO)C(OC2OC(CO)C(OC3OC(CO)C(O)C(O)C3O)C(O)C2O)C(O)C1O)NC(=O)CCCCCCCCCCCCCCCCCCCCCCCCCCCCCCCCCCCC. The van der Waals surface area contributed by atoms with Crippen LogP contribution in [0.25, 0.3) is 0 Å².